The molecular formula is C23H22O3. The molecule has 0 aliphatic rings. The van der Waals surface area contributed by atoms with Gasteiger partial charge in [0.25, 0.3) is 0 Å². The van der Waals surface area contributed by atoms with Crippen LogP contribution in [0.2, 0.25) is 0 Å². The summed E-state index contributed by atoms with van der Waals surface area (Å²) in [5.74, 6) is 0.00338. The second-order valence-corrected chi connectivity index (χ2v) is 5.50. The molecule has 0 aliphatic carbocycles. The lowest BCUT2D eigenvalue weighted by Gasteiger charge is -2.16. The number of benzene rings is 3. The first-order valence-electron chi connectivity index (χ1n) is 8.52. The summed E-state index contributed by atoms with van der Waals surface area (Å²) < 4.78 is 5.59. The molecule has 3 nitrogen and oxygen atoms in total. The van der Waals surface area contributed by atoms with E-state index in [9.17, 15) is 9.59 Å². The highest BCUT2D eigenvalue weighted by Crippen LogP contribution is 2.22. The van der Waals surface area contributed by atoms with Crippen LogP contribution in [0.25, 0.3) is 0 Å². The van der Waals surface area contributed by atoms with Crippen LogP contribution in [0.15, 0.2) is 91.0 Å². The van der Waals surface area contributed by atoms with Gasteiger partial charge in [0.15, 0.2) is 5.78 Å². The van der Waals surface area contributed by atoms with E-state index in [1.807, 2.05) is 85.8 Å². The fourth-order valence-electron chi connectivity index (χ4n) is 2.40. The third-order valence-corrected chi connectivity index (χ3v) is 3.67. The molecule has 0 heterocycles. The van der Waals surface area contributed by atoms with E-state index >= 15 is 0 Å². The SMILES string of the molecule is CCOC(C(=O)c1ccccc1)c1ccccc1.O=Cc1ccccc1. The monoisotopic (exact) mass is 346 g/mol. The number of aldehydes is 1. The van der Waals surface area contributed by atoms with Gasteiger partial charge in [-0.3, -0.25) is 9.59 Å². The van der Waals surface area contributed by atoms with E-state index in [0.29, 0.717) is 12.2 Å². The number of carbonyl (C=O) groups excluding carboxylic acids is 2. The number of hydrogen-bond acceptors (Lipinski definition) is 3. The summed E-state index contributed by atoms with van der Waals surface area (Å²) in [6, 6.07) is 28.0. The maximum atomic E-state index is 12.4. The largest absolute Gasteiger partial charge is 0.366 e. The van der Waals surface area contributed by atoms with Gasteiger partial charge in [-0.15, -0.1) is 0 Å². The quantitative estimate of drug-likeness (QED) is 0.458. The minimum Gasteiger partial charge on any atom is -0.366 e. The molecule has 0 aliphatic heterocycles. The summed E-state index contributed by atoms with van der Waals surface area (Å²) >= 11 is 0. The molecule has 0 radical (unpaired) electrons. The van der Waals surface area contributed by atoms with Gasteiger partial charge < -0.3 is 4.74 Å². The Balaban J connectivity index is 0.000000254. The van der Waals surface area contributed by atoms with Gasteiger partial charge in [-0.05, 0) is 12.5 Å². The Labute approximate surface area is 154 Å². The zero-order valence-corrected chi connectivity index (χ0v) is 14.7. The van der Waals surface area contributed by atoms with Crippen molar-refractivity contribution in [3.8, 4) is 0 Å². The average Bonchev–Trinajstić information content (AvgIpc) is 2.74. The highest BCUT2D eigenvalue weighted by atomic mass is 16.5. The number of hydrogen-bond donors (Lipinski definition) is 0. The Morgan fingerprint density at radius 3 is 1.81 bits per heavy atom. The molecule has 0 spiro atoms. The molecule has 0 saturated carbocycles. The van der Waals surface area contributed by atoms with Crippen LogP contribution < -0.4 is 0 Å². The molecule has 3 aromatic rings. The number of ether oxygens (including phenoxy) is 1. The van der Waals surface area contributed by atoms with E-state index in [1.54, 1.807) is 12.1 Å². The normalized spacial score (nSPS) is 11.0. The molecule has 132 valence electrons. The molecule has 3 rings (SSSR count). The van der Waals surface area contributed by atoms with Crippen LogP contribution in [0, 0.1) is 0 Å². The van der Waals surface area contributed by atoms with Crippen molar-refractivity contribution in [1.29, 1.82) is 0 Å². The highest BCUT2D eigenvalue weighted by molar-refractivity contribution is 6.00. The van der Waals surface area contributed by atoms with Gasteiger partial charge in [0.05, 0.1) is 0 Å². The second-order valence-electron chi connectivity index (χ2n) is 5.50. The van der Waals surface area contributed by atoms with Crippen LogP contribution in [0.4, 0.5) is 0 Å². The topological polar surface area (TPSA) is 43.4 Å². The molecule has 3 heteroatoms. The molecule has 0 N–H and O–H groups in total. The van der Waals surface area contributed by atoms with E-state index in [-0.39, 0.29) is 5.78 Å². The maximum absolute atomic E-state index is 12.4. The number of rotatable bonds is 6. The summed E-state index contributed by atoms with van der Waals surface area (Å²) in [5, 5.41) is 0. The van der Waals surface area contributed by atoms with Gasteiger partial charge in [-0.25, -0.2) is 0 Å². The second kappa shape index (κ2) is 10.7. The van der Waals surface area contributed by atoms with Crippen LogP contribution in [0.1, 0.15) is 39.3 Å². The molecule has 26 heavy (non-hydrogen) atoms. The van der Waals surface area contributed by atoms with Crippen molar-refractivity contribution in [3.63, 3.8) is 0 Å². The average molecular weight is 346 g/mol. The van der Waals surface area contributed by atoms with Crippen LogP contribution in [0.3, 0.4) is 0 Å². The van der Waals surface area contributed by atoms with Gasteiger partial charge in [0.1, 0.15) is 12.4 Å². The smallest absolute Gasteiger partial charge is 0.196 e. The number of ketones is 1. The van der Waals surface area contributed by atoms with Gasteiger partial charge >= 0.3 is 0 Å². The lowest BCUT2D eigenvalue weighted by Crippen LogP contribution is -2.16. The minimum atomic E-state index is -0.515. The third-order valence-electron chi connectivity index (χ3n) is 3.67. The Hall–Kier alpha value is -3.04. The van der Waals surface area contributed by atoms with E-state index in [0.717, 1.165) is 17.4 Å². The van der Waals surface area contributed by atoms with Gasteiger partial charge in [0.2, 0.25) is 0 Å². The fourth-order valence-corrected chi connectivity index (χ4v) is 2.40. The highest BCUT2D eigenvalue weighted by Gasteiger charge is 2.21. The summed E-state index contributed by atoms with van der Waals surface area (Å²) in [5.41, 5.74) is 2.31. The molecule has 1 atom stereocenters. The first-order chi connectivity index (χ1) is 12.8. The van der Waals surface area contributed by atoms with Crippen molar-refractivity contribution in [1.82, 2.24) is 0 Å². The Kier molecular flexibility index (Phi) is 7.97. The number of Topliss-reactive ketones (excluding diaryl/α,β-unsaturated/α-hetero) is 1. The first kappa shape index (κ1) is 19.3. The lowest BCUT2D eigenvalue weighted by molar-refractivity contribution is 0.0452. The molecule has 0 saturated heterocycles. The Bertz CT molecular complexity index is 783. The number of carbonyl (C=O) groups is 2. The van der Waals surface area contributed by atoms with E-state index in [2.05, 4.69) is 0 Å². The summed E-state index contributed by atoms with van der Waals surface area (Å²) in [7, 11) is 0. The van der Waals surface area contributed by atoms with Crippen molar-refractivity contribution >= 4 is 12.1 Å². The molecular weight excluding hydrogens is 324 g/mol. The van der Waals surface area contributed by atoms with Gasteiger partial charge in [-0.1, -0.05) is 91.0 Å². The van der Waals surface area contributed by atoms with Crippen LogP contribution in [0.5, 0.6) is 0 Å². The van der Waals surface area contributed by atoms with Gasteiger partial charge in [-0.2, -0.15) is 0 Å². The van der Waals surface area contributed by atoms with Crippen LogP contribution >= 0.6 is 0 Å². The molecule has 0 fully saturated rings. The van der Waals surface area contributed by atoms with E-state index in [1.165, 1.54) is 0 Å². The Morgan fingerprint density at radius 1 is 0.846 bits per heavy atom. The molecule has 0 bridgehead atoms. The zero-order chi connectivity index (χ0) is 18.6. The zero-order valence-electron chi connectivity index (χ0n) is 14.7. The predicted octanol–water partition coefficient (Wildman–Crippen LogP) is 5.15. The molecule has 3 aromatic carbocycles. The maximum Gasteiger partial charge on any atom is 0.196 e. The summed E-state index contributed by atoms with van der Waals surface area (Å²) in [6.07, 6.45) is 0.318. The fraction of sp³-hybridized carbons (Fsp3) is 0.130. The van der Waals surface area contributed by atoms with Crippen LogP contribution in [-0.4, -0.2) is 18.7 Å². The summed E-state index contributed by atoms with van der Waals surface area (Å²) in [4.78, 5) is 22.4. The third kappa shape index (κ3) is 5.80. The van der Waals surface area contributed by atoms with E-state index in [4.69, 9.17) is 4.74 Å². The summed E-state index contributed by atoms with van der Waals surface area (Å²) in [6.45, 7) is 2.41. The Morgan fingerprint density at radius 2 is 1.35 bits per heavy atom. The van der Waals surface area contributed by atoms with Crippen molar-refractivity contribution in [2.24, 2.45) is 0 Å². The first-order valence-corrected chi connectivity index (χ1v) is 8.52. The van der Waals surface area contributed by atoms with Crippen molar-refractivity contribution < 1.29 is 14.3 Å². The standard InChI is InChI=1S/C16H16O2.C7H6O/c1-2-18-16(14-11-7-4-8-12-14)15(17)13-9-5-3-6-10-13;8-6-7-4-2-1-3-5-7/h3-12,16H,2H2,1H3;1-6H. The molecule has 1 unspecified atom stereocenters. The molecule has 0 aromatic heterocycles. The van der Waals surface area contributed by atoms with Crippen LogP contribution in [-0.2, 0) is 4.74 Å². The van der Waals surface area contributed by atoms with Gasteiger partial charge in [0, 0.05) is 17.7 Å². The lowest BCUT2D eigenvalue weighted by atomic mass is 10.00. The van der Waals surface area contributed by atoms with E-state index < -0.39 is 6.10 Å². The predicted molar refractivity (Wildman–Crippen MR) is 103 cm³/mol. The van der Waals surface area contributed by atoms with Crippen molar-refractivity contribution in [2.45, 2.75) is 13.0 Å². The van der Waals surface area contributed by atoms with Crippen molar-refractivity contribution in [3.05, 3.63) is 108 Å². The van der Waals surface area contributed by atoms with Crippen molar-refractivity contribution in [2.75, 3.05) is 6.61 Å². The molecule has 0 amide bonds. The minimum absolute atomic E-state index is 0.00338.